The smallest absolute Gasteiger partial charge is 0.0528 e. The van der Waals surface area contributed by atoms with Gasteiger partial charge in [0.25, 0.3) is 0 Å². The van der Waals surface area contributed by atoms with Crippen LogP contribution in [0.4, 0.5) is 0 Å². The summed E-state index contributed by atoms with van der Waals surface area (Å²) in [4.78, 5) is 0. The Bertz CT molecular complexity index is 300. The minimum atomic E-state index is 0.480. The van der Waals surface area contributed by atoms with Crippen molar-refractivity contribution in [3.63, 3.8) is 0 Å². The maximum Gasteiger partial charge on any atom is 0.0528 e. The molecule has 0 amide bonds. The van der Waals surface area contributed by atoms with E-state index in [4.69, 9.17) is 4.74 Å². The molecule has 0 saturated heterocycles. The SMILES string of the molecule is COCC(C)c1ccc(C(C)C(C)C)cc1. The number of ether oxygens (including phenoxy) is 1. The Labute approximate surface area is 99.8 Å². The lowest BCUT2D eigenvalue weighted by molar-refractivity contribution is 0.184. The molecule has 0 aliphatic rings. The molecule has 0 aliphatic carbocycles. The van der Waals surface area contributed by atoms with Crippen molar-refractivity contribution in [1.82, 2.24) is 0 Å². The number of hydrogen-bond acceptors (Lipinski definition) is 1. The molecule has 16 heavy (non-hydrogen) atoms. The van der Waals surface area contributed by atoms with Crippen molar-refractivity contribution in [2.45, 2.75) is 39.5 Å². The summed E-state index contributed by atoms with van der Waals surface area (Å²) in [6.07, 6.45) is 0. The first-order valence-corrected chi connectivity index (χ1v) is 6.15. The van der Waals surface area contributed by atoms with Crippen LogP contribution in [0.2, 0.25) is 0 Å². The van der Waals surface area contributed by atoms with Crippen molar-refractivity contribution in [3.05, 3.63) is 35.4 Å². The highest BCUT2D eigenvalue weighted by Crippen LogP contribution is 2.25. The summed E-state index contributed by atoms with van der Waals surface area (Å²) in [5.41, 5.74) is 2.80. The maximum atomic E-state index is 5.17. The Hall–Kier alpha value is -0.820. The van der Waals surface area contributed by atoms with E-state index in [1.54, 1.807) is 7.11 Å². The van der Waals surface area contributed by atoms with Gasteiger partial charge in [-0.2, -0.15) is 0 Å². The fraction of sp³-hybridized carbons (Fsp3) is 0.600. The van der Waals surface area contributed by atoms with Crippen LogP contribution in [-0.2, 0) is 4.74 Å². The number of hydrogen-bond donors (Lipinski definition) is 0. The normalized spacial score (nSPS) is 15.1. The summed E-state index contributed by atoms with van der Waals surface area (Å²) in [5, 5.41) is 0. The minimum Gasteiger partial charge on any atom is -0.384 e. The molecule has 1 heteroatoms. The molecule has 0 fully saturated rings. The molecule has 2 unspecified atom stereocenters. The van der Waals surface area contributed by atoms with Gasteiger partial charge in [-0.1, -0.05) is 52.0 Å². The third kappa shape index (κ3) is 3.34. The summed E-state index contributed by atoms with van der Waals surface area (Å²) >= 11 is 0. The van der Waals surface area contributed by atoms with Crippen LogP contribution in [0, 0.1) is 5.92 Å². The molecule has 0 N–H and O–H groups in total. The quantitative estimate of drug-likeness (QED) is 0.722. The fourth-order valence-corrected chi connectivity index (χ4v) is 1.86. The monoisotopic (exact) mass is 220 g/mol. The summed E-state index contributed by atoms with van der Waals surface area (Å²) in [6, 6.07) is 8.98. The minimum absolute atomic E-state index is 0.480. The van der Waals surface area contributed by atoms with E-state index < -0.39 is 0 Å². The van der Waals surface area contributed by atoms with E-state index in [1.165, 1.54) is 11.1 Å². The lowest BCUT2D eigenvalue weighted by Crippen LogP contribution is -2.04. The van der Waals surface area contributed by atoms with Gasteiger partial charge in [0.2, 0.25) is 0 Å². The van der Waals surface area contributed by atoms with Crippen LogP contribution in [0.1, 0.15) is 50.7 Å². The third-order valence-electron chi connectivity index (χ3n) is 3.45. The van der Waals surface area contributed by atoms with Crippen molar-refractivity contribution in [2.24, 2.45) is 5.92 Å². The second kappa shape index (κ2) is 6.05. The average Bonchev–Trinajstić information content (AvgIpc) is 2.28. The molecule has 1 nitrogen and oxygen atoms in total. The van der Waals surface area contributed by atoms with E-state index in [0.717, 1.165) is 6.61 Å². The largest absolute Gasteiger partial charge is 0.384 e. The zero-order valence-corrected chi connectivity index (χ0v) is 11.2. The lowest BCUT2D eigenvalue weighted by atomic mass is 9.89. The third-order valence-corrected chi connectivity index (χ3v) is 3.45. The Kier molecular flexibility index (Phi) is 5.01. The fourth-order valence-electron chi connectivity index (χ4n) is 1.86. The highest BCUT2D eigenvalue weighted by Gasteiger charge is 2.10. The molecule has 1 aromatic carbocycles. The first kappa shape index (κ1) is 13.2. The molecular formula is C15H24O. The van der Waals surface area contributed by atoms with Gasteiger partial charge in [0, 0.05) is 13.0 Å². The topological polar surface area (TPSA) is 9.23 Å². The summed E-state index contributed by atoms with van der Waals surface area (Å²) in [5.74, 6) is 1.81. The highest BCUT2D eigenvalue weighted by atomic mass is 16.5. The van der Waals surface area contributed by atoms with Gasteiger partial charge >= 0.3 is 0 Å². The molecule has 90 valence electrons. The van der Waals surface area contributed by atoms with Crippen molar-refractivity contribution in [2.75, 3.05) is 13.7 Å². The van der Waals surface area contributed by atoms with Crippen LogP contribution >= 0.6 is 0 Å². The van der Waals surface area contributed by atoms with E-state index in [2.05, 4.69) is 52.0 Å². The van der Waals surface area contributed by atoms with Gasteiger partial charge in [0.15, 0.2) is 0 Å². The van der Waals surface area contributed by atoms with Crippen LogP contribution in [0.25, 0.3) is 0 Å². The lowest BCUT2D eigenvalue weighted by Gasteiger charge is -2.17. The molecular weight excluding hydrogens is 196 g/mol. The second-order valence-electron chi connectivity index (χ2n) is 5.06. The van der Waals surface area contributed by atoms with Gasteiger partial charge in [-0.3, -0.25) is 0 Å². The van der Waals surface area contributed by atoms with Crippen LogP contribution in [0.15, 0.2) is 24.3 Å². The van der Waals surface area contributed by atoms with Gasteiger partial charge in [-0.05, 0) is 23.0 Å². The first-order chi connectivity index (χ1) is 7.56. The summed E-state index contributed by atoms with van der Waals surface area (Å²) in [7, 11) is 1.76. The Balaban J connectivity index is 2.74. The Morgan fingerprint density at radius 1 is 0.938 bits per heavy atom. The van der Waals surface area contributed by atoms with E-state index in [0.29, 0.717) is 17.8 Å². The van der Waals surface area contributed by atoms with Crippen molar-refractivity contribution in [1.29, 1.82) is 0 Å². The number of methoxy groups -OCH3 is 1. The van der Waals surface area contributed by atoms with Crippen molar-refractivity contribution in [3.8, 4) is 0 Å². The standard InChI is InChI=1S/C15H24O/c1-11(2)13(4)15-8-6-14(7-9-15)12(3)10-16-5/h6-9,11-13H,10H2,1-5H3. The molecule has 2 atom stereocenters. The molecule has 0 spiro atoms. The van der Waals surface area contributed by atoms with Crippen LogP contribution in [0.5, 0.6) is 0 Å². The van der Waals surface area contributed by atoms with Crippen molar-refractivity contribution >= 4 is 0 Å². The van der Waals surface area contributed by atoms with E-state index in [1.807, 2.05) is 0 Å². The molecule has 0 aromatic heterocycles. The molecule has 0 bridgehead atoms. The zero-order chi connectivity index (χ0) is 12.1. The molecule has 0 heterocycles. The second-order valence-corrected chi connectivity index (χ2v) is 5.06. The van der Waals surface area contributed by atoms with E-state index in [-0.39, 0.29) is 0 Å². The van der Waals surface area contributed by atoms with Gasteiger partial charge in [0.1, 0.15) is 0 Å². The maximum absolute atomic E-state index is 5.17. The summed E-state index contributed by atoms with van der Waals surface area (Å²) < 4.78 is 5.17. The van der Waals surface area contributed by atoms with Gasteiger partial charge in [-0.15, -0.1) is 0 Å². The van der Waals surface area contributed by atoms with Gasteiger partial charge in [0.05, 0.1) is 6.61 Å². The number of rotatable bonds is 5. The predicted molar refractivity (Wildman–Crippen MR) is 70.0 cm³/mol. The Morgan fingerprint density at radius 3 is 1.88 bits per heavy atom. The van der Waals surface area contributed by atoms with E-state index >= 15 is 0 Å². The average molecular weight is 220 g/mol. The van der Waals surface area contributed by atoms with Crippen molar-refractivity contribution < 1.29 is 4.74 Å². The zero-order valence-electron chi connectivity index (χ0n) is 11.2. The molecule has 0 saturated carbocycles. The molecule has 1 aromatic rings. The summed E-state index contributed by atoms with van der Waals surface area (Å²) in [6.45, 7) is 9.82. The molecule has 0 aliphatic heterocycles. The van der Waals surface area contributed by atoms with Crippen LogP contribution in [-0.4, -0.2) is 13.7 Å². The van der Waals surface area contributed by atoms with E-state index in [9.17, 15) is 0 Å². The van der Waals surface area contributed by atoms with Gasteiger partial charge < -0.3 is 4.74 Å². The Morgan fingerprint density at radius 2 is 1.44 bits per heavy atom. The van der Waals surface area contributed by atoms with Crippen LogP contribution < -0.4 is 0 Å². The number of benzene rings is 1. The van der Waals surface area contributed by atoms with Gasteiger partial charge in [-0.25, -0.2) is 0 Å². The first-order valence-electron chi connectivity index (χ1n) is 6.15. The van der Waals surface area contributed by atoms with Crippen LogP contribution in [0.3, 0.4) is 0 Å². The molecule has 0 radical (unpaired) electrons. The predicted octanol–water partition coefficient (Wildman–Crippen LogP) is 4.20. The molecule has 1 rings (SSSR count). The highest BCUT2D eigenvalue weighted by molar-refractivity contribution is 5.27.